The first-order valence-corrected chi connectivity index (χ1v) is 22.7. The van der Waals surface area contributed by atoms with Gasteiger partial charge in [-0.25, -0.2) is 19.9 Å². The number of anilines is 2. The predicted molar refractivity (Wildman–Crippen MR) is 264 cm³/mol. The number of benzene rings is 4. The van der Waals surface area contributed by atoms with Crippen molar-refractivity contribution in [3.63, 3.8) is 0 Å². The van der Waals surface area contributed by atoms with Crippen molar-refractivity contribution in [2.75, 3.05) is 63.9 Å². The van der Waals surface area contributed by atoms with Crippen LogP contribution in [0.5, 0.6) is 23.0 Å². The molecule has 17 heteroatoms. The monoisotopic (exact) mass is 916 g/mol. The van der Waals surface area contributed by atoms with Gasteiger partial charge in [0.05, 0.1) is 17.2 Å². The lowest BCUT2D eigenvalue weighted by Gasteiger charge is -2.40. The van der Waals surface area contributed by atoms with Gasteiger partial charge in [0, 0.05) is 56.3 Å². The molecule has 0 atom stereocenters. The van der Waals surface area contributed by atoms with Crippen molar-refractivity contribution in [3.8, 4) is 45.3 Å². The number of hydrogen-bond donors (Lipinski definition) is 5. The Morgan fingerprint density at radius 3 is 1.56 bits per heavy atom. The molecule has 350 valence electrons. The molecule has 0 saturated carbocycles. The van der Waals surface area contributed by atoms with Crippen LogP contribution < -0.4 is 32.0 Å². The molecule has 0 saturated heterocycles. The van der Waals surface area contributed by atoms with Crippen LogP contribution in [0.1, 0.15) is 26.7 Å². The fourth-order valence-corrected chi connectivity index (χ4v) is 8.55. The zero-order valence-electron chi connectivity index (χ0n) is 38.2. The number of nitrogen functional groups attached to an aromatic ring is 2. The second-order valence-electron chi connectivity index (χ2n) is 16.2. The predicted octanol–water partition coefficient (Wildman–Crippen LogP) is 6.48. The summed E-state index contributed by atoms with van der Waals surface area (Å²) >= 11 is 0. The Kier molecular flexibility index (Phi) is 14.5. The third-order valence-corrected chi connectivity index (χ3v) is 12.0. The van der Waals surface area contributed by atoms with Crippen molar-refractivity contribution in [1.29, 1.82) is 0 Å². The first-order valence-electron chi connectivity index (χ1n) is 22.7. The van der Waals surface area contributed by atoms with Gasteiger partial charge >= 0.3 is 0 Å². The van der Waals surface area contributed by atoms with Crippen LogP contribution >= 0.6 is 0 Å². The second kappa shape index (κ2) is 21.2. The fourth-order valence-electron chi connectivity index (χ4n) is 8.55. The summed E-state index contributed by atoms with van der Waals surface area (Å²) in [7, 11) is 0. The average molecular weight is 917 g/mol. The minimum atomic E-state index is -2.03. The normalized spacial score (nSPS) is 11.6. The van der Waals surface area contributed by atoms with E-state index in [0.717, 1.165) is 13.1 Å². The number of fused-ring (bicyclic) bond motifs is 2. The second-order valence-corrected chi connectivity index (χ2v) is 16.2. The Hall–Kier alpha value is -7.86. The van der Waals surface area contributed by atoms with Gasteiger partial charge in [-0.2, -0.15) is 0 Å². The topological polar surface area (TPSA) is 231 Å². The van der Waals surface area contributed by atoms with E-state index in [1.807, 2.05) is 109 Å². The Morgan fingerprint density at radius 1 is 0.647 bits per heavy atom. The smallest absolute Gasteiger partial charge is 0.270 e. The van der Waals surface area contributed by atoms with E-state index < -0.39 is 23.9 Å². The lowest BCUT2D eigenvalue weighted by Crippen LogP contribution is -2.58. The van der Waals surface area contributed by atoms with Gasteiger partial charge in [-0.15, -0.1) is 0 Å². The van der Waals surface area contributed by atoms with Gasteiger partial charge in [-0.1, -0.05) is 74.5 Å². The van der Waals surface area contributed by atoms with Crippen LogP contribution in [0.2, 0.25) is 0 Å². The lowest BCUT2D eigenvalue weighted by atomic mass is 10.0. The van der Waals surface area contributed by atoms with Crippen LogP contribution in [0, 0.1) is 0 Å². The number of nitrogens with two attached hydrogens (primary N) is 3. The van der Waals surface area contributed by atoms with Crippen LogP contribution in [0.25, 0.3) is 44.3 Å². The van der Waals surface area contributed by atoms with Crippen molar-refractivity contribution in [3.05, 3.63) is 134 Å². The molecule has 0 aliphatic carbocycles. The molecule has 4 aromatic heterocycles. The number of hydrogen-bond acceptors (Lipinski definition) is 13. The highest BCUT2D eigenvalue weighted by molar-refractivity contribution is 6.05. The molecule has 4 aromatic carbocycles. The molecule has 4 heterocycles. The molecular weight excluding hydrogens is 861 g/mol. The maximum absolute atomic E-state index is 16.4. The highest BCUT2D eigenvalue weighted by Gasteiger charge is 2.49. The van der Waals surface area contributed by atoms with E-state index in [1.165, 1.54) is 12.7 Å². The molecule has 0 fully saturated rings. The molecule has 0 aliphatic heterocycles. The quantitative estimate of drug-likeness (QED) is 0.0459. The van der Waals surface area contributed by atoms with E-state index in [4.69, 9.17) is 36.6 Å². The van der Waals surface area contributed by atoms with Gasteiger partial charge in [0.2, 0.25) is 11.6 Å². The number of aliphatic hydroxyl groups is 1. The largest absolute Gasteiger partial charge is 0.457 e. The third kappa shape index (κ3) is 9.81. The van der Waals surface area contributed by atoms with Crippen molar-refractivity contribution in [2.24, 2.45) is 5.73 Å². The highest BCUT2D eigenvalue weighted by atomic mass is 16.5. The number of nitrogens with zero attached hydrogens (tertiary/aromatic N) is 8. The number of aromatic nitrogens is 6. The summed E-state index contributed by atoms with van der Waals surface area (Å²) in [4.78, 5) is 52.7. The molecule has 0 spiro atoms. The molecule has 0 radical (unpaired) electrons. The summed E-state index contributed by atoms with van der Waals surface area (Å²) < 4.78 is 15.6. The SMILES string of the molecule is CCN(CC)CCN(CCNCCCO)C(=O)C(CC(N)=O)(n1cc(-c2ccc(Oc3ccccc3)cc2)c2c(N)ncnc21)n1cc(-c2ccc(Oc3ccccc3)cc2)c2c(N)ncnc21. The van der Waals surface area contributed by atoms with Crippen LogP contribution in [-0.2, 0) is 15.3 Å². The summed E-state index contributed by atoms with van der Waals surface area (Å²) in [5.74, 6) is 1.63. The van der Waals surface area contributed by atoms with Gasteiger partial charge in [0.1, 0.15) is 58.6 Å². The number of ether oxygens (including phenoxy) is 2. The highest BCUT2D eigenvalue weighted by Crippen LogP contribution is 2.43. The Morgan fingerprint density at radius 2 is 1.12 bits per heavy atom. The molecule has 0 aliphatic rings. The zero-order valence-corrected chi connectivity index (χ0v) is 38.2. The molecule has 68 heavy (non-hydrogen) atoms. The number of likely N-dealkylation sites (N-methyl/N-ethyl adjacent to an activating group) is 1. The van der Waals surface area contributed by atoms with Gasteiger partial charge < -0.3 is 46.9 Å². The van der Waals surface area contributed by atoms with Crippen molar-refractivity contribution in [1.82, 2.24) is 44.2 Å². The molecule has 8 rings (SSSR count). The number of amides is 2. The Labute approximate surface area is 394 Å². The van der Waals surface area contributed by atoms with Crippen LogP contribution in [0.4, 0.5) is 11.6 Å². The molecule has 8 N–H and O–H groups in total. The van der Waals surface area contributed by atoms with Gasteiger partial charge in [-0.05, 0) is 85.7 Å². The number of rotatable bonds is 22. The molecule has 2 amide bonds. The van der Waals surface area contributed by atoms with Gasteiger partial charge in [0.15, 0.2) is 0 Å². The van der Waals surface area contributed by atoms with Crippen LogP contribution in [-0.4, -0.2) is 108 Å². The van der Waals surface area contributed by atoms with E-state index in [9.17, 15) is 9.90 Å². The van der Waals surface area contributed by atoms with Gasteiger partial charge in [-0.3, -0.25) is 18.7 Å². The fraction of sp³-hybridized carbons (Fsp3) is 0.255. The van der Waals surface area contributed by atoms with Crippen molar-refractivity contribution in [2.45, 2.75) is 32.4 Å². The maximum Gasteiger partial charge on any atom is 0.270 e. The average Bonchev–Trinajstić information content (AvgIpc) is 3.96. The molecule has 0 bridgehead atoms. The summed E-state index contributed by atoms with van der Waals surface area (Å²) in [5, 5.41) is 13.8. The molecular formula is C51H56N12O5. The number of carbonyl (C=O) groups is 2. The minimum Gasteiger partial charge on any atom is -0.457 e. The standard InChI is InChI=1S/C51H56N12O5/c1-3-60(4-2)27-28-61(26-25-55-24-11-29-64)50(66)51(30-43(52)65,62-31-41(44-46(53)56-33-58-48(44)62)35-16-20-39(21-17-35)67-37-12-7-5-8-13-37)63-32-42(45-47(54)57-34-59-49(45)63)36-18-22-40(23-19-36)68-38-14-9-6-10-15-38/h5-10,12-23,31-34,55,64H,3-4,11,24-30H2,1-2H3,(H2,52,65)(H2,53,56,58)(H2,54,57,59). The number of aliphatic hydroxyl groups excluding tert-OH is 1. The van der Waals surface area contributed by atoms with Gasteiger partial charge in [0.25, 0.3) is 5.91 Å². The lowest BCUT2D eigenvalue weighted by molar-refractivity contribution is -0.145. The first-order chi connectivity index (χ1) is 33.1. The van der Waals surface area contributed by atoms with Crippen molar-refractivity contribution < 1.29 is 24.2 Å². The van der Waals surface area contributed by atoms with E-state index in [2.05, 4.69) is 34.0 Å². The molecule has 0 unspecified atom stereocenters. The number of nitrogens with one attached hydrogen (secondary N) is 1. The third-order valence-electron chi connectivity index (χ3n) is 12.0. The van der Waals surface area contributed by atoms with E-state index in [0.29, 0.717) is 88.6 Å². The summed E-state index contributed by atoms with van der Waals surface area (Å²) in [6.45, 7) is 7.67. The van der Waals surface area contributed by atoms with Crippen LogP contribution in [0.15, 0.2) is 134 Å². The maximum atomic E-state index is 16.4. The summed E-state index contributed by atoms with van der Waals surface area (Å²) in [6.07, 6.45) is 6.20. The first kappa shape index (κ1) is 46.7. The number of carbonyl (C=O) groups excluding carboxylic acids is 2. The molecule has 17 nitrogen and oxygen atoms in total. The summed E-state index contributed by atoms with van der Waals surface area (Å²) in [6, 6.07) is 33.8. The molecule has 8 aromatic rings. The van der Waals surface area contributed by atoms with Crippen LogP contribution in [0.3, 0.4) is 0 Å². The Balaban J connectivity index is 1.36. The van der Waals surface area contributed by atoms with E-state index >= 15 is 4.79 Å². The van der Waals surface area contributed by atoms with Crippen molar-refractivity contribution >= 4 is 45.5 Å². The Bertz CT molecular complexity index is 2790. The van der Waals surface area contributed by atoms with E-state index in [1.54, 1.807) is 26.4 Å². The number of primary amides is 1. The zero-order chi connectivity index (χ0) is 47.6. The number of para-hydroxylation sites is 2. The summed E-state index contributed by atoms with van der Waals surface area (Å²) in [5.41, 5.74) is 21.0. The van der Waals surface area contributed by atoms with E-state index in [-0.39, 0.29) is 36.1 Å². The minimum absolute atomic E-state index is 0.0208.